The van der Waals surface area contributed by atoms with Crippen molar-refractivity contribution in [2.75, 3.05) is 6.54 Å². The summed E-state index contributed by atoms with van der Waals surface area (Å²) in [5.41, 5.74) is 1.69. The second-order valence-electron chi connectivity index (χ2n) is 6.03. The molecule has 0 atom stereocenters. The Morgan fingerprint density at radius 1 is 1.32 bits per heavy atom. The highest BCUT2D eigenvalue weighted by Gasteiger charge is 2.23. The maximum absolute atomic E-state index is 13.5. The molecule has 0 saturated carbocycles. The molecule has 2 aromatic heterocycles. The number of benzene rings is 1. The number of furan rings is 1. The van der Waals surface area contributed by atoms with Crippen molar-refractivity contribution < 1.29 is 13.9 Å². The molecule has 7 heteroatoms. The van der Waals surface area contributed by atoms with Gasteiger partial charge in [0.15, 0.2) is 23.2 Å². The van der Waals surface area contributed by atoms with E-state index in [1.165, 1.54) is 12.3 Å². The first kappa shape index (κ1) is 15.6. The quantitative estimate of drug-likeness (QED) is 0.765. The number of rotatable bonds is 3. The molecule has 1 aliphatic rings. The van der Waals surface area contributed by atoms with Crippen molar-refractivity contribution in [3.63, 3.8) is 0 Å². The number of hydrogen-bond acceptors (Lipinski definition) is 5. The number of fused-ring (bicyclic) bond motifs is 1. The van der Waals surface area contributed by atoms with Gasteiger partial charge in [-0.2, -0.15) is 0 Å². The zero-order chi connectivity index (χ0) is 17.4. The predicted octanol–water partition coefficient (Wildman–Crippen LogP) is 2.43. The molecule has 0 spiro atoms. The van der Waals surface area contributed by atoms with Crippen LogP contribution in [0.4, 0.5) is 4.39 Å². The second kappa shape index (κ2) is 6.18. The first-order valence-corrected chi connectivity index (χ1v) is 7.96. The molecular weight excluding hydrogens is 325 g/mol. The van der Waals surface area contributed by atoms with Crippen LogP contribution in [-0.2, 0) is 19.5 Å². The third-order valence-corrected chi connectivity index (χ3v) is 4.37. The summed E-state index contributed by atoms with van der Waals surface area (Å²) in [7, 11) is 0. The Morgan fingerprint density at radius 2 is 2.20 bits per heavy atom. The maximum Gasteiger partial charge on any atom is 0.254 e. The van der Waals surface area contributed by atoms with E-state index >= 15 is 0 Å². The summed E-state index contributed by atoms with van der Waals surface area (Å²) in [4.78, 5) is 21.6. The minimum Gasteiger partial charge on any atom is -0.505 e. The second-order valence-corrected chi connectivity index (χ2v) is 6.03. The van der Waals surface area contributed by atoms with Gasteiger partial charge in [-0.25, -0.2) is 9.37 Å². The van der Waals surface area contributed by atoms with E-state index in [1.54, 1.807) is 24.3 Å². The molecule has 3 heterocycles. The average molecular weight is 341 g/mol. The van der Waals surface area contributed by atoms with Gasteiger partial charge in [0.05, 0.1) is 12.0 Å². The number of phenolic OH excluding ortho intramolecular Hbond substituents is 1. The molecule has 6 nitrogen and oxygen atoms in total. The largest absolute Gasteiger partial charge is 0.505 e. The summed E-state index contributed by atoms with van der Waals surface area (Å²) in [5, 5.41) is 9.85. The number of H-pyrrole nitrogens is 1. The van der Waals surface area contributed by atoms with E-state index in [0.29, 0.717) is 54.5 Å². The van der Waals surface area contributed by atoms with Gasteiger partial charge in [0.1, 0.15) is 0 Å². The standard InChI is InChI=1S/C18H16FN3O3/c19-13-4-1-3-11(16(13)23)9-22-7-6-12-14(10-22)20-17(21-18(12)24)15-5-2-8-25-15/h1-5,8,23H,6-7,9-10H2,(H,20,21,24). The number of aromatic amines is 1. The molecule has 0 saturated heterocycles. The third-order valence-electron chi connectivity index (χ3n) is 4.37. The third kappa shape index (κ3) is 2.94. The number of aromatic nitrogens is 2. The zero-order valence-electron chi connectivity index (χ0n) is 13.3. The fraction of sp³-hybridized carbons (Fsp3) is 0.222. The number of para-hydroxylation sites is 1. The predicted molar refractivity (Wildman–Crippen MR) is 88.4 cm³/mol. The topological polar surface area (TPSA) is 82.4 Å². The van der Waals surface area contributed by atoms with E-state index in [1.807, 2.05) is 4.90 Å². The SMILES string of the molecule is O=c1[nH]c(-c2ccco2)nc2c1CCN(Cc1cccc(F)c1O)C2. The van der Waals surface area contributed by atoms with Crippen molar-refractivity contribution in [2.45, 2.75) is 19.5 Å². The van der Waals surface area contributed by atoms with Crippen molar-refractivity contribution in [3.05, 3.63) is 69.6 Å². The Morgan fingerprint density at radius 3 is 3.00 bits per heavy atom. The van der Waals surface area contributed by atoms with Crippen LogP contribution in [0.25, 0.3) is 11.6 Å². The molecule has 2 N–H and O–H groups in total. The van der Waals surface area contributed by atoms with E-state index < -0.39 is 5.82 Å². The molecule has 25 heavy (non-hydrogen) atoms. The lowest BCUT2D eigenvalue weighted by molar-refractivity contribution is 0.236. The van der Waals surface area contributed by atoms with Gasteiger partial charge in [0.2, 0.25) is 0 Å². The van der Waals surface area contributed by atoms with Crippen LogP contribution in [0.5, 0.6) is 5.75 Å². The molecule has 1 aliphatic heterocycles. The molecule has 128 valence electrons. The molecular formula is C18H16FN3O3. The summed E-state index contributed by atoms with van der Waals surface area (Å²) in [6.07, 6.45) is 2.07. The van der Waals surface area contributed by atoms with Crippen LogP contribution in [0.3, 0.4) is 0 Å². The summed E-state index contributed by atoms with van der Waals surface area (Å²) in [6, 6.07) is 7.94. The molecule has 1 aromatic carbocycles. The molecule has 0 bridgehead atoms. The molecule has 0 fully saturated rings. The van der Waals surface area contributed by atoms with Crippen LogP contribution < -0.4 is 5.56 Å². The number of halogens is 1. The Labute approximate surface area is 142 Å². The van der Waals surface area contributed by atoms with Crippen molar-refractivity contribution in [3.8, 4) is 17.3 Å². The normalized spacial score (nSPS) is 14.4. The highest BCUT2D eigenvalue weighted by Crippen LogP contribution is 2.25. The lowest BCUT2D eigenvalue weighted by Crippen LogP contribution is -2.35. The van der Waals surface area contributed by atoms with Crippen molar-refractivity contribution in [1.82, 2.24) is 14.9 Å². The summed E-state index contributed by atoms with van der Waals surface area (Å²) >= 11 is 0. The summed E-state index contributed by atoms with van der Waals surface area (Å²) in [5.74, 6) is -0.0722. The van der Waals surface area contributed by atoms with E-state index in [2.05, 4.69) is 9.97 Å². The Kier molecular flexibility index (Phi) is 3.85. The molecule has 0 aliphatic carbocycles. The summed E-state index contributed by atoms with van der Waals surface area (Å²) in [6.45, 7) is 1.46. The molecule has 0 amide bonds. The minimum atomic E-state index is -0.635. The van der Waals surface area contributed by atoms with Gasteiger partial charge in [0, 0.05) is 30.8 Å². The number of phenols is 1. The van der Waals surface area contributed by atoms with E-state index in [0.717, 1.165) is 0 Å². The number of aromatic hydroxyl groups is 1. The van der Waals surface area contributed by atoms with Crippen LogP contribution in [0.15, 0.2) is 45.8 Å². The fourth-order valence-electron chi connectivity index (χ4n) is 3.09. The Balaban J connectivity index is 1.62. The van der Waals surface area contributed by atoms with Crippen molar-refractivity contribution >= 4 is 0 Å². The lowest BCUT2D eigenvalue weighted by atomic mass is 10.1. The first-order valence-electron chi connectivity index (χ1n) is 7.96. The van der Waals surface area contributed by atoms with E-state index in [9.17, 15) is 14.3 Å². The minimum absolute atomic E-state index is 0.162. The van der Waals surface area contributed by atoms with Gasteiger partial charge in [-0.05, 0) is 24.6 Å². The van der Waals surface area contributed by atoms with Crippen LogP contribution >= 0.6 is 0 Å². The highest BCUT2D eigenvalue weighted by molar-refractivity contribution is 5.47. The monoisotopic (exact) mass is 341 g/mol. The van der Waals surface area contributed by atoms with Crippen LogP contribution in [0.2, 0.25) is 0 Å². The summed E-state index contributed by atoms with van der Waals surface area (Å²) < 4.78 is 18.8. The van der Waals surface area contributed by atoms with E-state index in [-0.39, 0.29) is 11.3 Å². The van der Waals surface area contributed by atoms with Crippen LogP contribution in [0, 0.1) is 5.82 Å². The zero-order valence-corrected chi connectivity index (χ0v) is 13.3. The average Bonchev–Trinajstić information content (AvgIpc) is 3.13. The van der Waals surface area contributed by atoms with Crippen molar-refractivity contribution in [1.29, 1.82) is 0 Å². The fourth-order valence-corrected chi connectivity index (χ4v) is 3.09. The number of nitrogens with zero attached hydrogens (tertiary/aromatic N) is 2. The van der Waals surface area contributed by atoms with Crippen LogP contribution in [0.1, 0.15) is 16.8 Å². The first-order chi connectivity index (χ1) is 12.1. The van der Waals surface area contributed by atoms with Gasteiger partial charge >= 0.3 is 0 Å². The number of hydrogen-bond donors (Lipinski definition) is 2. The van der Waals surface area contributed by atoms with Gasteiger partial charge in [-0.15, -0.1) is 0 Å². The van der Waals surface area contributed by atoms with Gasteiger partial charge in [-0.1, -0.05) is 12.1 Å². The molecule has 0 unspecified atom stereocenters. The smallest absolute Gasteiger partial charge is 0.254 e. The Hall–Kier alpha value is -2.93. The Bertz CT molecular complexity index is 966. The highest BCUT2D eigenvalue weighted by atomic mass is 19.1. The lowest BCUT2D eigenvalue weighted by Gasteiger charge is -2.27. The molecule has 3 aromatic rings. The van der Waals surface area contributed by atoms with Crippen molar-refractivity contribution in [2.24, 2.45) is 0 Å². The number of nitrogens with one attached hydrogen (secondary N) is 1. The van der Waals surface area contributed by atoms with Gasteiger partial charge in [0.25, 0.3) is 5.56 Å². The maximum atomic E-state index is 13.5. The van der Waals surface area contributed by atoms with Gasteiger partial charge < -0.3 is 14.5 Å². The van der Waals surface area contributed by atoms with Gasteiger partial charge in [-0.3, -0.25) is 9.69 Å². The van der Waals surface area contributed by atoms with E-state index in [4.69, 9.17) is 4.42 Å². The molecule has 4 rings (SSSR count). The van der Waals surface area contributed by atoms with Crippen LogP contribution in [-0.4, -0.2) is 26.5 Å². The molecule has 0 radical (unpaired) electrons.